The number of rotatable bonds is 5. The molecule has 0 amide bonds. The predicted molar refractivity (Wildman–Crippen MR) is 98.9 cm³/mol. The number of methoxy groups -OCH3 is 1. The number of halogens is 3. The first-order valence-corrected chi connectivity index (χ1v) is 8.53. The average molecular weight is 395 g/mol. The molecule has 3 N–H and O–H groups in total. The number of nitrogens with zero attached hydrogens (tertiary/aromatic N) is 1. The highest BCUT2D eigenvalue weighted by molar-refractivity contribution is 5.93. The number of nitrogens with one attached hydrogen (secondary N) is 1. The van der Waals surface area contributed by atoms with Crippen LogP contribution in [0.3, 0.4) is 0 Å². The number of nitrogens with two attached hydrogens (primary N) is 1. The van der Waals surface area contributed by atoms with E-state index in [0.29, 0.717) is 5.75 Å². The molecule has 1 aliphatic rings. The third-order valence-corrected chi connectivity index (χ3v) is 4.09. The van der Waals surface area contributed by atoms with Crippen LogP contribution < -0.4 is 25.3 Å². The van der Waals surface area contributed by atoms with E-state index >= 15 is 0 Å². The van der Waals surface area contributed by atoms with Gasteiger partial charge in [0.25, 0.3) is 0 Å². The van der Waals surface area contributed by atoms with Crippen molar-refractivity contribution in [2.75, 3.05) is 12.4 Å². The van der Waals surface area contributed by atoms with Crippen molar-refractivity contribution in [3.05, 3.63) is 47.5 Å². The lowest BCUT2D eigenvalue weighted by atomic mass is 10.1. The number of hydrogen-bond donors (Lipinski definition) is 2. The van der Waals surface area contributed by atoms with Gasteiger partial charge in [-0.15, -0.1) is 13.2 Å². The van der Waals surface area contributed by atoms with Crippen LogP contribution in [0.5, 0.6) is 17.2 Å². The number of anilines is 1. The fourth-order valence-corrected chi connectivity index (χ4v) is 2.93. The number of fused-ring (bicyclic) bond motifs is 1. The standard InChI is InChI=1S/C19H20F3N3O3/c1-11-7-12-8-16(26-2)13(9-17(12)27-11)10-24-18(23)25-14-5-3-4-6-15(14)28-19(20,21)22/h3-6,8-9,11H,7,10H2,1-2H3,(H3,23,24,25). The maximum absolute atomic E-state index is 12.5. The van der Waals surface area contributed by atoms with Gasteiger partial charge in [0, 0.05) is 17.5 Å². The number of alkyl halides is 3. The molecule has 0 aliphatic carbocycles. The first-order valence-electron chi connectivity index (χ1n) is 8.53. The molecule has 28 heavy (non-hydrogen) atoms. The van der Waals surface area contributed by atoms with Crippen molar-refractivity contribution in [1.29, 1.82) is 0 Å². The maximum Gasteiger partial charge on any atom is 0.573 e. The third-order valence-electron chi connectivity index (χ3n) is 4.09. The summed E-state index contributed by atoms with van der Waals surface area (Å²) in [4.78, 5) is 4.19. The van der Waals surface area contributed by atoms with Crippen LogP contribution in [0.15, 0.2) is 41.4 Å². The summed E-state index contributed by atoms with van der Waals surface area (Å²) in [6, 6.07) is 9.32. The number of guanidine groups is 1. The quantitative estimate of drug-likeness (QED) is 0.594. The highest BCUT2D eigenvalue weighted by Gasteiger charge is 2.32. The van der Waals surface area contributed by atoms with E-state index in [0.717, 1.165) is 23.3 Å². The van der Waals surface area contributed by atoms with E-state index in [-0.39, 0.29) is 24.3 Å². The molecule has 2 aromatic carbocycles. The summed E-state index contributed by atoms with van der Waals surface area (Å²) in [6.45, 7) is 2.14. The Morgan fingerprint density at radius 1 is 1.29 bits per heavy atom. The van der Waals surface area contributed by atoms with Crippen molar-refractivity contribution in [2.45, 2.75) is 32.4 Å². The predicted octanol–water partition coefficient (Wildman–Crippen LogP) is 3.84. The van der Waals surface area contributed by atoms with Crippen LogP contribution in [0.25, 0.3) is 0 Å². The van der Waals surface area contributed by atoms with E-state index in [1.807, 2.05) is 19.1 Å². The Hall–Kier alpha value is -3.10. The number of hydrogen-bond acceptors (Lipinski definition) is 4. The Balaban J connectivity index is 1.75. The molecule has 6 nitrogen and oxygen atoms in total. The molecule has 3 rings (SSSR count). The maximum atomic E-state index is 12.5. The Morgan fingerprint density at radius 2 is 2.04 bits per heavy atom. The van der Waals surface area contributed by atoms with Crippen molar-refractivity contribution in [3.8, 4) is 17.2 Å². The molecule has 0 fully saturated rings. The molecule has 150 valence electrons. The van der Waals surface area contributed by atoms with Gasteiger partial charge in [0.15, 0.2) is 11.7 Å². The molecule has 0 radical (unpaired) electrons. The van der Waals surface area contributed by atoms with Crippen molar-refractivity contribution in [1.82, 2.24) is 0 Å². The molecule has 0 spiro atoms. The highest BCUT2D eigenvalue weighted by atomic mass is 19.4. The van der Waals surface area contributed by atoms with E-state index in [1.165, 1.54) is 18.2 Å². The van der Waals surface area contributed by atoms with Crippen LogP contribution in [-0.2, 0) is 13.0 Å². The normalized spacial score (nSPS) is 16.3. The number of aliphatic imine (C=N–C) groups is 1. The van der Waals surface area contributed by atoms with Gasteiger partial charge in [0.2, 0.25) is 0 Å². The lowest BCUT2D eigenvalue weighted by molar-refractivity contribution is -0.274. The van der Waals surface area contributed by atoms with Crippen LogP contribution in [0.2, 0.25) is 0 Å². The largest absolute Gasteiger partial charge is 0.573 e. The van der Waals surface area contributed by atoms with E-state index < -0.39 is 12.1 Å². The minimum atomic E-state index is -4.81. The van der Waals surface area contributed by atoms with Crippen molar-refractivity contribution in [3.63, 3.8) is 0 Å². The zero-order chi connectivity index (χ0) is 20.3. The molecule has 1 unspecified atom stereocenters. The van der Waals surface area contributed by atoms with Crippen molar-refractivity contribution >= 4 is 11.6 Å². The summed E-state index contributed by atoms with van der Waals surface area (Å²) < 4.78 is 52.7. The molecule has 9 heteroatoms. The van der Waals surface area contributed by atoms with Crippen LogP contribution >= 0.6 is 0 Å². The third kappa shape index (κ3) is 4.79. The van der Waals surface area contributed by atoms with Gasteiger partial charge in [0.05, 0.1) is 19.3 Å². The molecule has 0 bridgehead atoms. The van der Waals surface area contributed by atoms with E-state index in [1.54, 1.807) is 13.2 Å². The SMILES string of the molecule is COc1cc2c(cc1CN=C(N)Nc1ccccc1OC(F)(F)F)OC(C)C2. The monoisotopic (exact) mass is 395 g/mol. The minimum Gasteiger partial charge on any atom is -0.496 e. The topological polar surface area (TPSA) is 78.1 Å². The van der Waals surface area contributed by atoms with Crippen LogP contribution in [-0.4, -0.2) is 25.5 Å². The smallest absolute Gasteiger partial charge is 0.496 e. The summed E-state index contributed by atoms with van der Waals surface area (Å²) in [7, 11) is 1.56. The molecule has 2 aromatic rings. The van der Waals surface area contributed by atoms with Gasteiger partial charge in [-0.25, -0.2) is 4.99 Å². The average Bonchev–Trinajstić information content (AvgIpc) is 2.98. The first kappa shape index (κ1) is 19.7. The summed E-state index contributed by atoms with van der Waals surface area (Å²) in [5.41, 5.74) is 7.70. The van der Waals surface area contributed by atoms with Crippen LogP contribution in [0.4, 0.5) is 18.9 Å². The van der Waals surface area contributed by atoms with Gasteiger partial charge >= 0.3 is 6.36 Å². The number of para-hydroxylation sites is 2. The van der Waals surface area contributed by atoms with Crippen molar-refractivity contribution in [2.24, 2.45) is 10.7 Å². The van der Waals surface area contributed by atoms with Gasteiger partial charge in [-0.1, -0.05) is 12.1 Å². The lowest BCUT2D eigenvalue weighted by Gasteiger charge is -2.14. The summed E-state index contributed by atoms with van der Waals surface area (Å²) in [6.07, 6.45) is -3.91. The van der Waals surface area contributed by atoms with E-state index in [9.17, 15) is 13.2 Å². The molecule has 1 aliphatic heterocycles. The second kappa shape index (κ2) is 7.87. The number of benzene rings is 2. The fourth-order valence-electron chi connectivity index (χ4n) is 2.93. The Morgan fingerprint density at radius 3 is 2.75 bits per heavy atom. The Bertz CT molecular complexity index is 884. The van der Waals surface area contributed by atoms with Crippen molar-refractivity contribution < 1.29 is 27.4 Å². The molecule has 1 heterocycles. The molecule has 0 saturated heterocycles. The molecule has 0 saturated carbocycles. The zero-order valence-electron chi connectivity index (χ0n) is 15.3. The summed E-state index contributed by atoms with van der Waals surface area (Å²) in [5.74, 6) is 0.962. The van der Waals surface area contributed by atoms with Gasteiger partial charge in [-0.3, -0.25) is 0 Å². The highest BCUT2D eigenvalue weighted by Crippen LogP contribution is 2.35. The van der Waals surface area contributed by atoms with Gasteiger partial charge in [-0.05, 0) is 31.2 Å². The minimum absolute atomic E-state index is 0.0548. The fraction of sp³-hybridized carbons (Fsp3) is 0.316. The molecular formula is C19H20F3N3O3. The molecule has 1 atom stereocenters. The second-order valence-corrected chi connectivity index (χ2v) is 6.27. The second-order valence-electron chi connectivity index (χ2n) is 6.27. The Kier molecular flexibility index (Phi) is 5.53. The molecular weight excluding hydrogens is 375 g/mol. The van der Waals surface area contributed by atoms with Gasteiger partial charge in [0.1, 0.15) is 17.6 Å². The van der Waals surface area contributed by atoms with E-state index in [2.05, 4.69) is 15.0 Å². The summed E-state index contributed by atoms with van der Waals surface area (Å²) >= 11 is 0. The molecule has 0 aromatic heterocycles. The van der Waals surface area contributed by atoms with Gasteiger partial charge in [-0.2, -0.15) is 0 Å². The lowest BCUT2D eigenvalue weighted by Crippen LogP contribution is -2.24. The first-order chi connectivity index (χ1) is 13.2. The number of ether oxygens (including phenoxy) is 3. The van der Waals surface area contributed by atoms with Crippen LogP contribution in [0, 0.1) is 0 Å². The Labute approximate surface area is 160 Å². The summed E-state index contributed by atoms with van der Waals surface area (Å²) in [5, 5.41) is 2.63. The van der Waals surface area contributed by atoms with Crippen LogP contribution in [0.1, 0.15) is 18.1 Å². The van der Waals surface area contributed by atoms with Gasteiger partial charge < -0.3 is 25.3 Å². The van der Waals surface area contributed by atoms with E-state index in [4.69, 9.17) is 15.2 Å². The zero-order valence-corrected chi connectivity index (χ0v) is 15.3.